The Hall–Kier alpha value is -3.68. The molecule has 2 heterocycles. The molecule has 0 spiro atoms. The van der Waals surface area contributed by atoms with Gasteiger partial charge in [-0.3, -0.25) is 14.4 Å². The van der Waals surface area contributed by atoms with E-state index in [4.69, 9.17) is 4.74 Å². The molecule has 1 fully saturated rings. The molecular formula is C25H28N4O4. The monoisotopic (exact) mass is 448 g/mol. The number of hydrazone groups is 1. The van der Waals surface area contributed by atoms with Gasteiger partial charge >= 0.3 is 0 Å². The van der Waals surface area contributed by atoms with Crippen LogP contribution in [0.3, 0.4) is 0 Å². The largest absolute Gasteiger partial charge is 0.497 e. The van der Waals surface area contributed by atoms with Gasteiger partial charge in [-0.15, -0.1) is 0 Å². The van der Waals surface area contributed by atoms with Crippen LogP contribution in [0, 0.1) is 13.8 Å². The lowest BCUT2D eigenvalue weighted by atomic mass is 10.1. The number of piperazine rings is 1. The van der Waals surface area contributed by atoms with Gasteiger partial charge in [-0.25, -0.2) is 5.01 Å². The quantitative estimate of drug-likeness (QED) is 0.720. The van der Waals surface area contributed by atoms with Crippen LogP contribution in [0.1, 0.15) is 34.3 Å². The molecule has 0 radical (unpaired) electrons. The van der Waals surface area contributed by atoms with Gasteiger partial charge in [-0.2, -0.15) is 5.10 Å². The summed E-state index contributed by atoms with van der Waals surface area (Å²) < 4.78 is 5.21. The van der Waals surface area contributed by atoms with E-state index in [1.807, 2.05) is 32.0 Å². The second-order valence-corrected chi connectivity index (χ2v) is 8.36. The van der Waals surface area contributed by atoms with Crippen LogP contribution >= 0.6 is 0 Å². The molecule has 0 saturated carbocycles. The lowest BCUT2D eigenvalue weighted by Crippen LogP contribution is -2.53. The number of hydrogen-bond donors (Lipinski definition) is 0. The zero-order valence-electron chi connectivity index (χ0n) is 19.2. The summed E-state index contributed by atoms with van der Waals surface area (Å²) >= 11 is 0. The Kier molecular flexibility index (Phi) is 6.44. The third-order valence-electron chi connectivity index (χ3n) is 6.04. The molecule has 4 rings (SSSR count). The van der Waals surface area contributed by atoms with Crippen molar-refractivity contribution >= 4 is 29.1 Å². The Balaban J connectivity index is 1.44. The van der Waals surface area contributed by atoms with E-state index in [1.54, 1.807) is 41.2 Å². The van der Waals surface area contributed by atoms with Crippen LogP contribution in [0.25, 0.3) is 0 Å². The Morgan fingerprint density at radius 2 is 1.61 bits per heavy atom. The van der Waals surface area contributed by atoms with E-state index in [9.17, 15) is 14.4 Å². The van der Waals surface area contributed by atoms with Gasteiger partial charge in [0, 0.05) is 44.6 Å². The van der Waals surface area contributed by atoms with E-state index in [2.05, 4.69) is 5.10 Å². The summed E-state index contributed by atoms with van der Waals surface area (Å²) in [5.74, 6) is 0.260. The van der Waals surface area contributed by atoms with Crippen molar-refractivity contribution in [3.8, 4) is 5.75 Å². The minimum absolute atomic E-state index is 0.0808. The van der Waals surface area contributed by atoms with Crippen LogP contribution < -0.4 is 9.75 Å². The first-order valence-corrected chi connectivity index (χ1v) is 11.1. The molecule has 2 aromatic carbocycles. The molecule has 0 atom stereocenters. The Morgan fingerprint density at radius 3 is 2.30 bits per heavy atom. The summed E-state index contributed by atoms with van der Waals surface area (Å²) in [5.41, 5.74) is 3.60. The molecule has 2 aromatic rings. The number of aryl methyl sites for hydroxylation is 2. The molecule has 0 aromatic heterocycles. The van der Waals surface area contributed by atoms with Gasteiger partial charge in [-0.05, 0) is 49.2 Å². The highest BCUT2D eigenvalue weighted by Gasteiger charge is 2.31. The minimum atomic E-state index is -0.175. The number of ether oxygens (including phenoxy) is 1. The lowest BCUT2D eigenvalue weighted by Gasteiger charge is -2.35. The van der Waals surface area contributed by atoms with Crippen LogP contribution in [0.2, 0.25) is 0 Å². The molecule has 2 aliphatic heterocycles. The number of benzene rings is 2. The maximum absolute atomic E-state index is 13.2. The van der Waals surface area contributed by atoms with Gasteiger partial charge in [0.15, 0.2) is 0 Å². The second-order valence-electron chi connectivity index (χ2n) is 8.36. The van der Waals surface area contributed by atoms with Crippen molar-refractivity contribution in [3.05, 3.63) is 59.2 Å². The molecule has 2 aliphatic rings. The van der Waals surface area contributed by atoms with E-state index in [0.29, 0.717) is 55.3 Å². The summed E-state index contributed by atoms with van der Waals surface area (Å²) in [6, 6.07) is 12.9. The zero-order chi connectivity index (χ0) is 23.5. The number of anilines is 1. The van der Waals surface area contributed by atoms with Crippen molar-refractivity contribution in [1.82, 2.24) is 9.80 Å². The average Bonchev–Trinajstić information content (AvgIpc) is 2.85. The van der Waals surface area contributed by atoms with Gasteiger partial charge < -0.3 is 14.5 Å². The smallest absolute Gasteiger partial charge is 0.270 e. The molecule has 8 heteroatoms. The van der Waals surface area contributed by atoms with Crippen LogP contribution in [0.15, 0.2) is 47.6 Å². The number of amides is 3. The lowest BCUT2D eigenvalue weighted by molar-refractivity contribution is -0.125. The molecule has 0 aliphatic carbocycles. The van der Waals surface area contributed by atoms with E-state index < -0.39 is 0 Å². The highest BCUT2D eigenvalue weighted by molar-refractivity contribution is 6.40. The number of nitrogens with zero attached hydrogens (tertiary/aromatic N) is 4. The Morgan fingerprint density at radius 1 is 0.909 bits per heavy atom. The van der Waals surface area contributed by atoms with Crippen molar-refractivity contribution in [1.29, 1.82) is 0 Å². The van der Waals surface area contributed by atoms with Crippen molar-refractivity contribution < 1.29 is 19.1 Å². The summed E-state index contributed by atoms with van der Waals surface area (Å²) in [5, 5.41) is 5.81. The molecule has 1 saturated heterocycles. The van der Waals surface area contributed by atoms with Crippen molar-refractivity contribution in [2.75, 3.05) is 38.3 Å². The third kappa shape index (κ3) is 4.74. The van der Waals surface area contributed by atoms with Crippen LogP contribution in [-0.4, -0.2) is 66.5 Å². The van der Waals surface area contributed by atoms with Crippen LogP contribution in [0.5, 0.6) is 5.75 Å². The van der Waals surface area contributed by atoms with Crippen molar-refractivity contribution in [2.45, 2.75) is 26.7 Å². The normalized spacial score (nSPS) is 16.5. The highest BCUT2D eigenvalue weighted by Crippen LogP contribution is 2.26. The predicted molar refractivity (Wildman–Crippen MR) is 126 cm³/mol. The summed E-state index contributed by atoms with van der Waals surface area (Å²) in [4.78, 5) is 42.0. The summed E-state index contributed by atoms with van der Waals surface area (Å²) in [6.07, 6.45) is 0.564. The van der Waals surface area contributed by atoms with Gasteiger partial charge in [0.1, 0.15) is 11.5 Å². The zero-order valence-corrected chi connectivity index (χ0v) is 19.2. The highest BCUT2D eigenvalue weighted by atomic mass is 16.5. The topological polar surface area (TPSA) is 82.5 Å². The van der Waals surface area contributed by atoms with E-state index in [0.717, 1.165) is 11.1 Å². The average molecular weight is 449 g/mol. The first kappa shape index (κ1) is 22.5. The first-order chi connectivity index (χ1) is 15.9. The van der Waals surface area contributed by atoms with Gasteiger partial charge in [-0.1, -0.05) is 18.2 Å². The van der Waals surface area contributed by atoms with Gasteiger partial charge in [0.05, 0.1) is 12.8 Å². The number of rotatable bonds is 4. The van der Waals surface area contributed by atoms with Gasteiger partial charge in [0.25, 0.3) is 11.8 Å². The molecular weight excluding hydrogens is 420 g/mol. The Bertz CT molecular complexity index is 1120. The molecule has 0 unspecified atom stereocenters. The van der Waals surface area contributed by atoms with Crippen LogP contribution in [0.4, 0.5) is 5.69 Å². The molecule has 0 N–H and O–H groups in total. The maximum Gasteiger partial charge on any atom is 0.270 e. The summed E-state index contributed by atoms with van der Waals surface area (Å²) in [7, 11) is 1.57. The molecule has 8 nitrogen and oxygen atoms in total. The van der Waals surface area contributed by atoms with E-state index in [1.165, 1.54) is 5.01 Å². The maximum atomic E-state index is 13.2. The first-order valence-electron chi connectivity index (χ1n) is 11.1. The molecule has 0 bridgehead atoms. The number of hydrogen-bond acceptors (Lipinski definition) is 5. The number of carbonyl (C=O) groups is 3. The van der Waals surface area contributed by atoms with E-state index >= 15 is 0 Å². The fourth-order valence-corrected chi connectivity index (χ4v) is 4.08. The molecule has 172 valence electrons. The summed E-state index contributed by atoms with van der Waals surface area (Å²) in [6.45, 7) is 5.60. The SMILES string of the molecule is COc1cccc(C(=O)N2CCN(C(=O)C3=NN(c4cc(C)ccc4C)C(=O)CC3)CC2)c1. The van der Waals surface area contributed by atoms with Gasteiger partial charge in [0.2, 0.25) is 5.91 Å². The van der Waals surface area contributed by atoms with Crippen LogP contribution in [-0.2, 0) is 9.59 Å². The predicted octanol–water partition coefficient (Wildman–Crippen LogP) is 2.78. The number of carbonyl (C=O) groups excluding carboxylic acids is 3. The Labute approximate surface area is 193 Å². The molecule has 3 amide bonds. The van der Waals surface area contributed by atoms with Crippen molar-refractivity contribution in [2.24, 2.45) is 5.10 Å². The standard InChI is InChI=1S/C25H28N4O4/c1-17-7-8-18(2)22(15-17)29-23(30)10-9-21(26-29)25(32)28-13-11-27(12-14-28)24(31)19-5-4-6-20(16-19)33-3/h4-8,15-16H,9-14H2,1-3H3. The number of methoxy groups -OCH3 is 1. The second kappa shape index (κ2) is 9.44. The third-order valence-corrected chi connectivity index (χ3v) is 6.04. The fraction of sp³-hybridized carbons (Fsp3) is 0.360. The fourth-order valence-electron chi connectivity index (χ4n) is 4.08. The molecule has 33 heavy (non-hydrogen) atoms. The minimum Gasteiger partial charge on any atom is -0.497 e. The van der Waals surface area contributed by atoms with Crippen molar-refractivity contribution in [3.63, 3.8) is 0 Å². The van der Waals surface area contributed by atoms with E-state index in [-0.39, 0.29) is 24.1 Å².